The zero-order valence-electron chi connectivity index (χ0n) is 6.68. The normalized spacial score (nSPS) is 13.0. The van der Waals surface area contributed by atoms with Gasteiger partial charge in [0.2, 0.25) is 0 Å². The van der Waals surface area contributed by atoms with Gasteiger partial charge in [0.05, 0.1) is 0 Å². The Morgan fingerprint density at radius 1 is 1.55 bits per heavy atom. The maximum absolute atomic E-state index is 11.6. The third kappa shape index (κ3) is 5.58. The molecule has 0 N–H and O–H groups in total. The molecule has 0 bridgehead atoms. The second-order valence-electron chi connectivity index (χ2n) is 1.89. The summed E-state index contributed by atoms with van der Waals surface area (Å²) in [6.07, 6.45) is 5.46. The van der Waals surface area contributed by atoms with E-state index in [1.807, 2.05) is 6.92 Å². The van der Waals surface area contributed by atoms with E-state index in [2.05, 4.69) is 4.74 Å². The largest absolute Gasteiger partial charge is 0.435 e. The van der Waals surface area contributed by atoms with E-state index in [1.54, 1.807) is 19.1 Å². The molecule has 0 saturated carbocycles. The Labute approximate surface area is 65.4 Å². The average Bonchev–Trinajstić information content (AvgIpc) is 1.87. The van der Waals surface area contributed by atoms with Gasteiger partial charge < -0.3 is 4.74 Å². The van der Waals surface area contributed by atoms with Crippen LogP contribution in [0.5, 0.6) is 0 Å². The Kier molecular flexibility index (Phi) is 5.43. The highest BCUT2D eigenvalue weighted by molar-refractivity contribution is 5.10. The molecule has 0 fully saturated rings. The molecule has 0 atom stereocenters. The number of alkyl halides is 2. The minimum atomic E-state index is -2.73. The smallest absolute Gasteiger partial charge is 0.387 e. The van der Waals surface area contributed by atoms with E-state index in [1.165, 1.54) is 6.08 Å². The zero-order valence-corrected chi connectivity index (χ0v) is 6.68. The standard InChI is InChI=1S/C8H12F2O/c1-3-5-7(6-4-2)11-8(9)10/h3,5-6,8H,4H2,1-2H3/b5-3-,7-6+. The highest BCUT2D eigenvalue weighted by atomic mass is 19.3. The molecule has 11 heavy (non-hydrogen) atoms. The molecule has 0 unspecified atom stereocenters. The van der Waals surface area contributed by atoms with Crippen molar-refractivity contribution in [3.63, 3.8) is 0 Å². The van der Waals surface area contributed by atoms with Crippen LogP contribution in [0.25, 0.3) is 0 Å². The Balaban J connectivity index is 4.00. The SMILES string of the molecule is C/C=C\C(=C/CC)OC(F)F. The zero-order chi connectivity index (χ0) is 8.69. The molecule has 0 aliphatic heterocycles. The summed E-state index contributed by atoms with van der Waals surface area (Å²) in [6, 6.07) is 0. The Morgan fingerprint density at radius 2 is 2.18 bits per heavy atom. The Morgan fingerprint density at radius 3 is 2.55 bits per heavy atom. The van der Waals surface area contributed by atoms with Gasteiger partial charge in [0.15, 0.2) is 0 Å². The topological polar surface area (TPSA) is 9.23 Å². The Bertz CT molecular complexity index is 150. The third-order valence-electron chi connectivity index (χ3n) is 0.961. The fourth-order valence-electron chi connectivity index (χ4n) is 0.624. The average molecular weight is 162 g/mol. The molecule has 64 valence electrons. The van der Waals surface area contributed by atoms with Gasteiger partial charge in [-0.05, 0) is 25.5 Å². The summed E-state index contributed by atoms with van der Waals surface area (Å²) < 4.78 is 27.4. The van der Waals surface area contributed by atoms with E-state index < -0.39 is 6.61 Å². The van der Waals surface area contributed by atoms with E-state index in [-0.39, 0.29) is 5.76 Å². The monoisotopic (exact) mass is 162 g/mol. The molecule has 1 nitrogen and oxygen atoms in total. The van der Waals surface area contributed by atoms with E-state index in [4.69, 9.17) is 0 Å². The number of hydrogen-bond acceptors (Lipinski definition) is 1. The van der Waals surface area contributed by atoms with Crippen molar-refractivity contribution >= 4 is 0 Å². The van der Waals surface area contributed by atoms with Crippen molar-refractivity contribution in [1.82, 2.24) is 0 Å². The number of allylic oxidation sites excluding steroid dienone is 3. The summed E-state index contributed by atoms with van der Waals surface area (Å²) in [5, 5.41) is 0. The second kappa shape index (κ2) is 5.89. The lowest BCUT2D eigenvalue weighted by Gasteiger charge is -2.03. The van der Waals surface area contributed by atoms with Crippen LogP contribution < -0.4 is 0 Å². The van der Waals surface area contributed by atoms with E-state index in [0.717, 1.165) is 0 Å². The number of rotatable bonds is 4. The lowest BCUT2D eigenvalue weighted by Crippen LogP contribution is -1.96. The minimum absolute atomic E-state index is 0.227. The van der Waals surface area contributed by atoms with Gasteiger partial charge in [-0.25, -0.2) is 0 Å². The first-order valence-electron chi connectivity index (χ1n) is 3.48. The molecule has 0 rings (SSSR count). The van der Waals surface area contributed by atoms with Gasteiger partial charge in [0.25, 0.3) is 0 Å². The van der Waals surface area contributed by atoms with Crippen molar-refractivity contribution in [2.45, 2.75) is 26.9 Å². The van der Waals surface area contributed by atoms with Crippen LogP contribution >= 0.6 is 0 Å². The van der Waals surface area contributed by atoms with Gasteiger partial charge in [0.1, 0.15) is 5.76 Å². The van der Waals surface area contributed by atoms with Crippen LogP contribution in [0.3, 0.4) is 0 Å². The van der Waals surface area contributed by atoms with Gasteiger partial charge in [-0.3, -0.25) is 0 Å². The van der Waals surface area contributed by atoms with Gasteiger partial charge >= 0.3 is 6.61 Å². The second-order valence-corrected chi connectivity index (χ2v) is 1.89. The van der Waals surface area contributed by atoms with Crippen LogP contribution in [-0.4, -0.2) is 6.61 Å². The number of halogens is 2. The van der Waals surface area contributed by atoms with Crippen molar-refractivity contribution in [2.75, 3.05) is 0 Å². The van der Waals surface area contributed by atoms with Crippen LogP contribution in [-0.2, 0) is 4.74 Å². The minimum Gasteiger partial charge on any atom is -0.435 e. The van der Waals surface area contributed by atoms with E-state index >= 15 is 0 Å². The lowest BCUT2D eigenvalue weighted by atomic mass is 10.3. The molecule has 0 spiro atoms. The van der Waals surface area contributed by atoms with Crippen molar-refractivity contribution in [2.24, 2.45) is 0 Å². The van der Waals surface area contributed by atoms with E-state index in [0.29, 0.717) is 6.42 Å². The van der Waals surface area contributed by atoms with Crippen molar-refractivity contribution in [1.29, 1.82) is 0 Å². The predicted octanol–water partition coefficient (Wildman–Crippen LogP) is 3.10. The van der Waals surface area contributed by atoms with Crippen molar-refractivity contribution in [3.05, 3.63) is 24.0 Å². The Hall–Kier alpha value is -0.860. The lowest BCUT2D eigenvalue weighted by molar-refractivity contribution is -0.0922. The van der Waals surface area contributed by atoms with Crippen molar-refractivity contribution in [3.8, 4) is 0 Å². The number of ether oxygens (including phenoxy) is 1. The summed E-state index contributed by atoms with van der Waals surface area (Å²) in [6.45, 7) is 0.875. The highest BCUT2D eigenvalue weighted by Gasteiger charge is 2.02. The molecular formula is C8H12F2O. The first kappa shape index (κ1) is 10.1. The maximum Gasteiger partial charge on any atom is 0.387 e. The fourth-order valence-corrected chi connectivity index (χ4v) is 0.624. The molecule has 0 radical (unpaired) electrons. The van der Waals surface area contributed by atoms with Crippen molar-refractivity contribution < 1.29 is 13.5 Å². The molecule has 0 aliphatic carbocycles. The quantitative estimate of drug-likeness (QED) is 0.456. The molecule has 3 heteroatoms. The number of hydrogen-bond donors (Lipinski definition) is 0. The predicted molar refractivity (Wildman–Crippen MR) is 40.3 cm³/mol. The van der Waals surface area contributed by atoms with Crippen LogP contribution in [0.2, 0.25) is 0 Å². The maximum atomic E-state index is 11.6. The molecule has 0 aromatic heterocycles. The van der Waals surface area contributed by atoms with Gasteiger partial charge in [-0.2, -0.15) is 8.78 Å². The van der Waals surface area contributed by atoms with Crippen LogP contribution in [0.15, 0.2) is 24.0 Å². The summed E-state index contributed by atoms with van der Waals surface area (Å²) in [4.78, 5) is 0. The molecule has 0 saturated heterocycles. The van der Waals surface area contributed by atoms with E-state index in [9.17, 15) is 8.78 Å². The molecular weight excluding hydrogens is 150 g/mol. The molecule has 0 heterocycles. The first-order valence-corrected chi connectivity index (χ1v) is 3.48. The van der Waals surface area contributed by atoms with Gasteiger partial charge in [0, 0.05) is 0 Å². The summed E-state index contributed by atoms with van der Waals surface area (Å²) in [5.41, 5.74) is 0. The van der Waals surface area contributed by atoms with Crippen LogP contribution in [0, 0.1) is 0 Å². The first-order chi connectivity index (χ1) is 5.20. The molecule has 0 aromatic rings. The van der Waals surface area contributed by atoms with Crippen LogP contribution in [0.4, 0.5) is 8.78 Å². The summed E-state index contributed by atoms with van der Waals surface area (Å²) >= 11 is 0. The summed E-state index contributed by atoms with van der Waals surface area (Å²) in [7, 11) is 0. The highest BCUT2D eigenvalue weighted by Crippen LogP contribution is 2.07. The fraction of sp³-hybridized carbons (Fsp3) is 0.500. The molecule has 0 amide bonds. The van der Waals surface area contributed by atoms with Gasteiger partial charge in [-0.1, -0.05) is 13.0 Å². The third-order valence-corrected chi connectivity index (χ3v) is 0.961. The van der Waals surface area contributed by atoms with Gasteiger partial charge in [-0.15, -0.1) is 0 Å². The molecule has 0 aliphatic rings. The molecule has 0 aromatic carbocycles. The summed E-state index contributed by atoms with van der Waals surface area (Å²) in [5.74, 6) is 0.227. The van der Waals surface area contributed by atoms with Crippen LogP contribution in [0.1, 0.15) is 20.3 Å².